The number of amides is 1. The Hall–Kier alpha value is -2.53. The highest BCUT2D eigenvalue weighted by Crippen LogP contribution is 2.35. The average molecular weight is 407 g/mol. The maximum Gasteiger partial charge on any atom is 0.257 e. The normalized spacial score (nSPS) is 14.6. The minimum absolute atomic E-state index is 0.0429. The number of nitrogens with one attached hydrogen (secondary N) is 1. The van der Waals surface area contributed by atoms with Crippen molar-refractivity contribution in [2.75, 3.05) is 12.3 Å². The molecule has 5 heteroatoms. The van der Waals surface area contributed by atoms with Gasteiger partial charge >= 0.3 is 0 Å². The number of thioether (sulfide) groups is 1. The molecule has 0 atom stereocenters. The maximum atomic E-state index is 12.3. The van der Waals surface area contributed by atoms with Crippen LogP contribution >= 0.6 is 11.8 Å². The second kappa shape index (κ2) is 9.79. The predicted octanol–water partition coefficient (Wildman–Crippen LogP) is 5.80. The van der Waals surface area contributed by atoms with E-state index in [0.717, 1.165) is 29.1 Å². The quantitative estimate of drug-likeness (QED) is 0.504. The average Bonchev–Trinajstić information content (AvgIpc) is 3.23. The van der Waals surface area contributed by atoms with Crippen LogP contribution in [0.5, 0.6) is 0 Å². The van der Waals surface area contributed by atoms with Gasteiger partial charge in [-0.3, -0.25) is 4.79 Å². The second-order valence-corrected chi connectivity index (χ2v) is 8.41. The van der Waals surface area contributed by atoms with E-state index in [1.165, 1.54) is 43.9 Å². The molecule has 1 aromatic heterocycles. The number of carbonyl (C=O) groups is 1. The molecule has 2 aromatic carbocycles. The predicted molar refractivity (Wildman–Crippen MR) is 118 cm³/mol. The summed E-state index contributed by atoms with van der Waals surface area (Å²) in [7, 11) is 0. The van der Waals surface area contributed by atoms with Crippen molar-refractivity contribution in [1.82, 2.24) is 10.3 Å². The van der Waals surface area contributed by atoms with Crippen LogP contribution in [0.2, 0.25) is 0 Å². The smallest absolute Gasteiger partial charge is 0.257 e. The summed E-state index contributed by atoms with van der Waals surface area (Å²) in [6.07, 6.45) is 6.37. The molecule has 29 heavy (non-hydrogen) atoms. The molecule has 1 N–H and O–H groups in total. The summed E-state index contributed by atoms with van der Waals surface area (Å²) in [5.41, 5.74) is 2.79. The van der Waals surface area contributed by atoms with Crippen molar-refractivity contribution >= 4 is 17.7 Å². The third kappa shape index (κ3) is 5.30. The molecule has 0 bridgehead atoms. The molecule has 1 aliphatic carbocycles. The lowest BCUT2D eigenvalue weighted by atomic mass is 9.89. The number of hydrogen-bond acceptors (Lipinski definition) is 4. The highest BCUT2D eigenvalue weighted by Gasteiger charge is 2.18. The van der Waals surface area contributed by atoms with Crippen LogP contribution in [0.4, 0.5) is 0 Å². The Balaban J connectivity index is 1.44. The summed E-state index contributed by atoms with van der Waals surface area (Å²) in [4.78, 5) is 17.0. The fraction of sp³-hybridized carbons (Fsp3) is 0.333. The highest BCUT2D eigenvalue weighted by molar-refractivity contribution is 7.99. The SMILES string of the molecule is O=C(CSc1nc(-c2ccccc2)c(-c2ccccc2)o1)NCC1CCCCC1. The first-order valence-electron chi connectivity index (χ1n) is 10.3. The monoisotopic (exact) mass is 406 g/mol. The van der Waals surface area contributed by atoms with Crippen LogP contribution < -0.4 is 5.32 Å². The Bertz CT molecular complexity index is 862. The number of hydrogen-bond donors (Lipinski definition) is 1. The Morgan fingerprint density at radius 3 is 2.31 bits per heavy atom. The summed E-state index contributed by atoms with van der Waals surface area (Å²) < 4.78 is 6.07. The Labute approximate surface area is 176 Å². The van der Waals surface area contributed by atoms with Crippen molar-refractivity contribution < 1.29 is 9.21 Å². The number of aromatic nitrogens is 1. The lowest BCUT2D eigenvalue weighted by Gasteiger charge is -2.21. The molecular weight excluding hydrogens is 380 g/mol. The largest absolute Gasteiger partial charge is 0.431 e. The molecule has 0 unspecified atom stereocenters. The van der Waals surface area contributed by atoms with Gasteiger partial charge in [0, 0.05) is 17.7 Å². The number of carbonyl (C=O) groups excluding carboxylic acids is 1. The van der Waals surface area contributed by atoms with Gasteiger partial charge in [-0.15, -0.1) is 0 Å². The topological polar surface area (TPSA) is 55.1 Å². The van der Waals surface area contributed by atoms with Gasteiger partial charge in [0.05, 0.1) is 5.75 Å². The van der Waals surface area contributed by atoms with E-state index in [1.807, 2.05) is 60.7 Å². The van der Waals surface area contributed by atoms with Crippen molar-refractivity contribution in [2.24, 2.45) is 5.92 Å². The molecule has 0 aliphatic heterocycles. The summed E-state index contributed by atoms with van der Waals surface area (Å²) >= 11 is 1.35. The summed E-state index contributed by atoms with van der Waals surface area (Å²) in [5, 5.41) is 3.60. The molecular formula is C24H26N2O2S. The van der Waals surface area contributed by atoms with Crippen LogP contribution in [0.15, 0.2) is 70.3 Å². The molecule has 150 valence electrons. The lowest BCUT2D eigenvalue weighted by Crippen LogP contribution is -2.31. The summed E-state index contributed by atoms with van der Waals surface area (Å²) in [6.45, 7) is 0.787. The first-order chi connectivity index (χ1) is 14.3. The van der Waals surface area contributed by atoms with Crippen molar-refractivity contribution in [3.63, 3.8) is 0 Å². The first kappa shape index (κ1) is 19.8. The highest BCUT2D eigenvalue weighted by atomic mass is 32.2. The molecule has 0 radical (unpaired) electrons. The fourth-order valence-corrected chi connectivity index (χ4v) is 4.42. The van der Waals surface area contributed by atoms with Gasteiger partial charge in [-0.05, 0) is 18.8 Å². The molecule has 4 nitrogen and oxygen atoms in total. The molecule has 0 saturated heterocycles. The van der Waals surface area contributed by atoms with Crippen LogP contribution in [0.1, 0.15) is 32.1 Å². The van der Waals surface area contributed by atoms with E-state index in [-0.39, 0.29) is 5.91 Å². The Morgan fingerprint density at radius 2 is 1.62 bits per heavy atom. The van der Waals surface area contributed by atoms with Crippen molar-refractivity contribution in [3.8, 4) is 22.6 Å². The molecule has 0 spiro atoms. The van der Waals surface area contributed by atoms with Gasteiger partial charge in [0.25, 0.3) is 5.22 Å². The van der Waals surface area contributed by atoms with E-state index >= 15 is 0 Å². The first-order valence-corrected chi connectivity index (χ1v) is 11.3. The van der Waals surface area contributed by atoms with E-state index in [1.54, 1.807) is 0 Å². The van der Waals surface area contributed by atoms with Crippen LogP contribution in [-0.2, 0) is 4.79 Å². The third-order valence-corrected chi connectivity index (χ3v) is 6.16. The summed E-state index contributed by atoms with van der Waals surface area (Å²) in [6, 6.07) is 20.0. The van der Waals surface area contributed by atoms with Gasteiger partial charge in [0.1, 0.15) is 5.69 Å². The fourth-order valence-electron chi connectivity index (χ4n) is 3.77. The van der Waals surface area contributed by atoms with Crippen LogP contribution in [0.25, 0.3) is 22.6 Å². The molecule has 3 aromatic rings. The van der Waals surface area contributed by atoms with Gasteiger partial charge in [-0.2, -0.15) is 0 Å². The Kier molecular flexibility index (Phi) is 6.67. The number of rotatable bonds is 7. The maximum absolute atomic E-state index is 12.3. The Morgan fingerprint density at radius 1 is 0.966 bits per heavy atom. The van der Waals surface area contributed by atoms with E-state index < -0.39 is 0 Å². The van der Waals surface area contributed by atoms with Crippen molar-refractivity contribution in [2.45, 2.75) is 37.3 Å². The minimum Gasteiger partial charge on any atom is -0.431 e. The molecule has 1 fully saturated rings. The van der Waals surface area contributed by atoms with Crippen molar-refractivity contribution in [3.05, 3.63) is 60.7 Å². The standard InChI is InChI=1S/C24H26N2O2S/c27-21(25-16-18-10-4-1-5-11-18)17-29-24-26-22(19-12-6-2-7-13-19)23(28-24)20-14-8-3-9-15-20/h2-3,6-9,12-15,18H,1,4-5,10-11,16-17H2,(H,25,27). The zero-order valence-electron chi connectivity index (χ0n) is 16.5. The zero-order valence-corrected chi connectivity index (χ0v) is 17.3. The number of oxazole rings is 1. The van der Waals surface area contributed by atoms with Crippen LogP contribution in [0.3, 0.4) is 0 Å². The van der Waals surface area contributed by atoms with Gasteiger partial charge in [-0.25, -0.2) is 4.98 Å². The number of benzene rings is 2. The van der Waals surface area contributed by atoms with Gasteiger partial charge < -0.3 is 9.73 Å². The van der Waals surface area contributed by atoms with Gasteiger partial charge in [0.2, 0.25) is 5.91 Å². The molecule has 1 saturated carbocycles. The lowest BCUT2D eigenvalue weighted by molar-refractivity contribution is -0.118. The molecule has 1 aliphatic rings. The van der Waals surface area contributed by atoms with Gasteiger partial charge in [-0.1, -0.05) is 91.7 Å². The van der Waals surface area contributed by atoms with E-state index in [0.29, 0.717) is 16.9 Å². The molecule has 1 heterocycles. The van der Waals surface area contributed by atoms with E-state index in [9.17, 15) is 4.79 Å². The van der Waals surface area contributed by atoms with Crippen LogP contribution in [-0.4, -0.2) is 23.2 Å². The van der Waals surface area contributed by atoms with Gasteiger partial charge in [0.15, 0.2) is 5.76 Å². The number of nitrogens with zero attached hydrogens (tertiary/aromatic N) is 1. The third-order valence-electron chi connectivity index (χ3n) is 5.33. The van der Waals surface area contributed by atoms with E-state index in [2.05, 4.69) is 5.32 Å². The second-order valence-electron chi connectivity index (χ2n) is 7.49. The van der Waals surface area contributed by atoms with E-state index in [4.69, 9.17) is 9.40 Å². The summed E-state index contributed by atoms with van der Waals surface area (Å²) in [5.74, 6) is 1.73. The van der Waals surface area contributed by atoms with Crippen molar-refractivity contribution in [1.29, 1.82) is 0 Å². The van der Waals surface area contributed by atoms with Crippen LogP contribution in [0, 0.1) is 5.92 Å². The minimum atomic E-state index is 0.0429. The zero-order chi connectivity index (χ0) is 19.9. The molecule has 1 amide bonds. The molecule has 4 rings (SSSR count).